The molecule has 0 saturated carbocycles. The molecule has 0 aliphatic carbocycles. The highest BCUT2D eigenvalue weighted by Gasteiger charge is 2.24. The normalized spacial score (nSPS) is 11.8. The molecule has 0 bridgehead atoms. The van der Waals surface area contributed by atoms with E-state index < -0.39 is 17.9 Å². The van der Waals surface area contributed by atoms with E-state index in [1.165, 1.54) is 11.3 Å². The van der Waals surface area contributed by atoms with Crippen LogP contribution >= 0.6 is 11.3 Å². The summed E-state index contributed by atoms with van der Waals surface area (Å²) in [5.41, 5.74) is 7.24. The summed E-state index contributed by atoms with van der Waals surface area (Å²) in [6.45, 7) is 1.84. The van der Waals surface area contributed by atoms with E-state index in [9.17, 15) is 14.7 Å². The van der Waals surface area contributed by atoms with Crippen molar-refractivity contribution in [3.63, 3.8) is 0 Å². The molecule has 1 aromatic heterocycles. The van der Waals surface area contributed by atoms with Crippen LogP contribution in [0.1, 0.15) is 26.8 Å². The fourth-order valence-electron chi connectivity index (χ4n) is 1.79. The van der Waals surface area contributed by atoms with Crippen molar-refractivity contribution < 1.29 is 14.7 Å². The van der Waals surface area contributed by atoms with Crippen LogP contribution < -0.4 is 11.1 Å². The lowest BCUT2D eigenvalue weighted by atomic mass is 10.1. The largest absolute Gasteiger partial charge is 0.479 e. The summed E-state index contributed by atoms with van der Waals surface area (Å²) >= 11 is 1.28. The van der Waals surface area contributed by atoms with E-state index in [1.54, 1.807) is 35.7 Å². The molecule has 6 heteroatoms. The van der Waals surface area contributed by atoms with E-state index in [1.807, 2.05) is 6.92 Å². The number of hydrogen-bond acceptors (Lipinski definition) is 4. The van der Waals surface area contributed by atoms with Crippen molar-refractivity contribution in [2.45, 2.75) is 13.0 Å². The van der Waals surface area contributed by atoms with Gasteiger partial charge in [-0.3, -0.25) is 4.79 Å². The molecule has 0 saturated heterocycles. The Hall–Kier alpha value is -2.34. The SMILES string of the molecule is Cc1ccc(N)c(C(=O)NC(C(=O)O)c2cccs2)c1. The van der Waals surface area contributed by atoms with Crippen molar-refractivity contribution in [2.75, 3.05) is 5.73 Å². The predicted octanol–water partition coefficient (Wildman–Crippen LogP) is 2.19. The average Bonchev–Trinajstić information content (AvgIpc) is 2.91. The zero-order valence-electron chi connectivity index (χ0n) is 10.8. The van der Waals surface area contributed by atoms with Gasteiger partial charge in [0.25, 0.3) is 5.91 Å². The number of nitrogens with one attached hydrogen (secondary N) is 1. The fraction of sp³-hybridized carbons (Fsp3) is 0.143. The second-order valence-corrected chi connectivity index (χ2v) is 5.33. The zero-order chi connectivity index (χ0) is 14.7. The molecule has 2 aromatic rings. The lowest BCUT2D eigenvalue weighted by Gasteiger charge is -2.14. The molecule has 4 N–H and O–H groups in total. The number of carboxylic acid groups (broad SMARTS) is 1. The molecule has 1 amide bonds. The molecule has 5 nitrogen and oxygen atoms in total. The Morgan fingerprint density at radius 1 is 1.35 bits per heavy atom. The Labute approximate surface area is 120 Å². The van der Waals surface area contributed by atoms with Gasteiger partial charge in [0.1, 0.15) is 0 Å². The van der Waals surface area contributed by atoms with Gasteiger partial charge in [-0.2, -0.15) is 0 Å². The summed E-state index contributed by atoms with van der Waals surface area (Å²) in [7, 11) is 0. The van der Waals surface area contributed by atoms with Crippen LogP contribution in [0.2, 0.25) is 0 Å². The minimum Gasteiger partial charge on any atom is -0.479 e. The second kappa shape index (κ2) is 5.75. The standard InChI is InChI=1S/C14H14N2O3S/c1-8-4-5-10(15)9(7-8)13(17)16-12(14(18)19)11-3-2-6-20-11/h2-7,12H,15H2,1H3,(H,16,17)(H,18,19). The molecule has 20 heavy (non-hydrogen) atoms. The maximum atomic E-state index is 12.2. The van der Waals surface area contributed by atoms with E-state index in [-0.39, 0.29) is 5.56 Å². The number of nitrogen functional groups attached to an aromatic ring is 1. The van der Waals surface area contributed by atoms with Gasteiger partial charge < -0.3 is 16.2 Å². The van der Waals surface area contributed by atoms with Crippen LogP contribution in [0.25, 0.3) is 0 Å². The highest BCUT2D eigenvalue weighted by Crippen LogP contribution is 2.21. The van der Waals surface area contributed by atoms with Gasteiger partial charge in [-0.1, -0.05) is 17.7 Å². The number of aliphatic carboxylic acids is 1. The second-order valence-electron chi connectivity index (χ2n) is 4.35. The van der Waals surface area contributed by atoms with Crippen LogP contribution in [0.5, 0.6) is 0 Å². The predicted molar refractivity (Wildman–Crippen MR) is 77.8 cm³/mol. The van der Waals surface area contributed by atoms with Crippen LogP contribution in [0.15, 0.2) is 35.7 Å². The van der Waals surface area contributed by atoms with Crippen LogP contribution in [-0.2, 0) is 4.79 Å². The van der Waals surface area contributed by atoms with Crippen LogP contribution in [0, 0.1) is 6.92 Å². The van der Waals surface area contributed by atoms with E-state index in [0.29, 0.717) is 10.6 Å². The lowest BCUT2D eigenvalue weighted by Crippen LogP contribution is -2.33. The summed E-state index contributed by atoms with van der Waals surface area (Å²) in [5.74, 6) is -1.60. The summed E-state index contributed by atoms with van der Waals surface area (Å²) < 4.78 is 0. The van der Waals surface area contributed by atoms with Gasteiger partial charge >= 0.3 is 5.97 Å². The number of carboxylic acids is 1. The maximum Gasteiger partial charge on any atom is 0.331 e. The molecule has 0 radical (unpaired) electrons. The van der Waals surface area contributed by atoms with E-state index >= 15 is 0 Å². The number of anilines is 1. The van der Waals surface area contributed by atoms with Crippen molar-refractivity contribution in [1.29, 1.82) is 0 Å². The highest BCUT2D eigenvalue weighted by molar-refractivity contribution is 7.10. The Balaban J connectivity index is 2.25. The fourth-order valence-corrected chi connectivity index (χ4v) is 2.55. The summed E-state index contributed by atoms with van der Waals surface area (Å²) in [5, 5.41) is 13.5. The number of carbonyl (C=O) groups is 2. The molecular weight excluding hydrogens is 276 g/mol. The first kappa shape index (κ1) is 14.1. The summed E-state index contributed by atoms with van der Waals surface area (Å²) in [6, 6.07) is 7.40. The van der Waals surface area contributed by atoms with Crippen molar-refractivity contribution in [3.8, 4) is 0 Å². The van der Waals surface area contributed by atoms with E-state index in [4.69, 9.17) is 5.73 Å². The number of benzene rings is 1. The quantitative estimate of drug-likeness (QED) is 0.753. The topological polar surface area (TPSA) is 92.4 Å². The van der Waals surface area contributed by atoms with Gasteiger partial charge in [0.2, 0.25) is 0 Å². The zero-order valence-corrected chi connectivity index (χ0v) is 11.6. The Bertz CT molecular complexity index is 638. The number of amides is 1. The smallest absolute Gasteiger partial charge is 0.331 e. The van der Waals surface area contributed by atoms with Gasteiger partial charge in [-0.15, -0.1) is 11.3 Å². The highest BCUT2D eigenvalue weighted by atomic mass is 32.1. The molecule has 0 aliphatic heterocycles. The van der Waals surface area contributed by atoms with Gasteiger partial charge in [-0.05, 0) is 30.5 Å². The molecule has 1 heterocycles. The van der Waals surface area contributed by atoms with Crippen molar-refractivity contribution in [3.05, 3.63) is 51.7 Å². The first-order valence-electron chi connectivity index (χ1n) is 5.92. The monoisotopic (exact) mass is 290 g/mol. The molecule has 0 fully saturated rings. The minimum absolute atomic E-state index is 0.285. The number of thiophene rings is 1. The third kappa shape index (κ3) is 2.97. The number of carbonyl (C=O) groups excluding carboxylic acids is 1. The maximum absolute atomic E-state index is 12.2. The molecule has 1 atom stereocenters. The van der Waals surface area contributed by atoms with E-state index in [2.05, 4.69) is 5.32 Å². The van der Waals surface area contributed by atoms with Crippen LogP contribution in [0.4, 0.5) is 5.69 Å². The third-order valence-electron chi connectivity index (χ3n) is 2.80. The first-order valence-corrected chi connectivity index (χ1v) is 6.80. The van der Waals surface area contributed by atoms with Gasteiger partial charge in [0, 0.05) is 10.6 Å². The van der Waals surface area contributed by atoms with E-state index in [0.717, 1.165) is 5.56 Å². The molecular formula is C14H14N2O3S. The molecule has 1 unspecified atom stereocenters. The molecule has 104 valence electrons. The molecule has 2 rings (SSSR count). The van der Waals surface area contributed by atoms with Gasteiger partial charge in [-0.25, -0.2) is 4.79 Å². The molecule has 0 aliphatic rings. The number of rotatable bonds is 4. The van der Waals surface area contributed by atoms with Crippen LogP contribution in [-0.4, -0.2) is 17.0 Å². The number of nitrogens with two attached hydrogens (primary N) is 1. The van der Waals surface area contributed by atoms with Crippen LogP contribution in [0.3, 0.4) is 0 Å². The van der Waals surface area contributed by atoms with Crippen molar-refractivity contribution >= 4 is 28.9 Å². The lowest BCUT2D eigenvalue weighted by molar-refractivity contribution is -0.139. The number of hydrogen-bond donors (Lipinski definition) is 3. The van der Waals surface area contributed by atoms with Crippen molar-refractivity contribution in [2.24, 2.45) is 0 Å². The average molecular weight is 290 g/mol. The summed E-state index contributed by atoms with van der Waals surface area (Å²) in [4.78, 5) is 24.0. The minimum atomic E-state index is -1.10. The van der Waals surface area contributed by atoms with Gasteiger partial charge in [0.15, 0.2) is 6.04 Å². The Morgan fingerprint density at radius 3 is 2.70 bits per heavy atom. The third-order valence-corrected chi connectivity index (χ3v) is 3.74. The Morgan fingerprint density at radius 2 is 2.10 bits per heavy atom. The van der Waals surface area contributed by atoms with Crippen molar-refractivity contribution in [1.82, 2.24) is 5.32 Å². The first-order chi connectivity index (χ1) is 9.49. The number of aryl methyl sites for hydroxylation is 1. The summed E-state index contributed by atoms with van der Waals surface area (Å²) in [6.07, 6.45) is 0. The van der Waals surface area contributed by atoms with Gasteiger partial charge in [0.05, 0.1) is 5.56 Å². The molecule has 0 spiro atoms. The Kier molecular flexibility index (Phi) is 4.05. The molecule has 1 aromatic carbocycles.